The van der Waals surface area contributed by atoms with E-state index in [1.54, 1.807) is 24.6 Å². The largest absolute Gasteiger partial charge is 0.493 e. The molecule has 110 valence electrons. The lowest BCUT2D eigenvalue weighted by atomic mass is 10.1. The van der Waals surface area contributed by atoms with Gasteiger partial charge in [0.15, 0.2) is 5.75 Å². The zero-order valence-electron chi connectivity index (χ0n) is 12.1. The fourth-order valence-electron chi connectivity index (χ4n) is 2.18. The highest BCUT2D eigenvalue weighted by Gasteiger charge is 2.22. The number of rotatable bonds is 7. The number of thiazole rings is 1. The van der Waals surface area contributed by atoms with Crippen molar-refractivity contribution in [3.8, 4) is 5.75 Å². The number of ether oxygens (including phenoxy) is 1. The summed E-state index contributed by atoms with van der Waals surface area (Å²) >= 11 is 1.65. The number of hydrazine groups is 1. The number of methoxy groups -OCH3 is 1. The summed E-state index contributed by atoms with van der Waals surface area (Å²) in [5.41, 5.74) is 4.87. The molecule has 20 heavy (non-hydrogen) atoms. The summed E-state index contributed by atoms with van der Waals surface area (Å²) in [5, 5.41) is 7.47. The minimum Gasteiger partial charge on any atom is -0.493 e. The van der Waals surface area contributed by atoms with Gasteiger partial charge in [0, 0.05) is 24.0 Å². The molecule has 0 aliphatic carbocycles. The van der Waals surface area contributed by atoms with Crippen LogP contribution in [0.2, 0.25) is 0 Å². The Morgan fingerprint density at radius 2 is 2.35 bits per heavy atom. The topological polar surface area (TPSA) is 78.0 Å². The van der Waals surface area contributed by atoms with Crippen molar-refractivity contribution in [2.75, 3.05) is 7.11 Å². The highest BCUT2D eigenvalue weighted by atomic mass is 32.1. The van der Waals surface area contributed by atoms with E-state index in [1.165, 1.54) is 0 Å². The predicted molar refractivity (Wildman–Crippen MR) is 79.7 cm³/mol. The van der Waals surface area contributed by atoms with E-state index in [0.717, 1.165) is 41.5 Å². The minimum atomic E-state index is -0.0652. The molecule has 7 heteroatoms. The molecule has 0 amide bonds. The average molecular weight is 295 g/mol. The van der Waals surface area contributed by atoms with E-state index in [1.807, 2.05) is 17.0 Å². The van der Waals surface area contributed by atoms with Crippen molar-refractivity contribution < 1.29 is 4.74 Å². The molecule has 0 aliphatic heterocycles. The molecule has 6 nitrogen and oxygen atoms in total. The van der Waals surface area contributed by atoms with Crippen LogP contribution in [0, 0.1) is 6.92 Å². The average Bonchev–Trinajstić information content (AvgIpc) is 3.03. The Kier molecular flexibility index (Phi) is 5.11. The number of hydrogen-bond acceptors (Lipinski definition) is 6. The number of aromatic nitrogens is 3. The van der Waals surface area contributed by atoms with Crippen LogP contribution in [0.4, 0.5) is 0 Å². The Balaban J connectivity index is 2.27. The molecule has 2 heterocycles. The Hall–Kier alpha value is -1.44. The lowest BCUT2D eigenvalue weighted by Crippen LogP contribution is -2.31. The molecule has 0 radical (unpaired) electrons. The van der Waals surface area contributed by atoms with Gasteiger partial charge in [0.2, 0.25) is 0 Å². The molecular formula is C13H21N5OS. The van der Waals surface area contributed by atoms with Crippen LogP contribution in [0.5, 0.6) is 5.75 Å². The first-order valence-electron chi connectivity index (χ1n) is 6.66. The molecule has 2 rings (SSSR count). The molecule has 2 aromatic heterocycles. The number of nitrogens with zero attached hydrogens (tertiary/aromatic N) is 3. The van der Waals surface area contributed by atoms with E-state index in [-0.39, 0.29) is 6.04 Å². The molecule has 1 atom stereocenters. The van der Waals surface area contributed by atoms with Gasteiger partial charge in [-0.2, -0.15) is 5.10 Å². The monoisotopic (exact) mass is 295 g/mol. The molecule has 3 N–H and O–H groups in total. The Labute approximate surface area is 122 Å². The number of aryl methyl sites for hydroxylation is 2. The van der Waals surface area contributed by atoms with Gasteiger partial charge in [-0.05, 0) is 13.3 Å². The van der Waals surface area contributed by atoms with Gasteiger partial charge in [0.1, 0.15) is 0 Å². The lowest BCUT2D eigenvalue weighted by molar-refractivity contribution is 0.389. The van der Waals surface area contributed by atoms with Crippen LogP contribution in [0.25, 0.3) is 0 Å². The van der Waals surface area contributed by atoms with Crippen LogP contribution in [0.1, 0.15) is 35.8 Å². The number of hydrogen-bond donors (Lipinski definition) is 2. The van der Waals surface area contributed by atoms with Gasteiger partial charge in [-0.3, -0.25) is 16.0 Å². The highest BCUT2D eigenvalue weighted by molar-refractivity contribution is 7.09. The molecule has 0 spiro atoms. The van der Waals surface area contributed by atoms with E-state index in [0.29, 0.717) is 0 Å². The fraction of sp³-hybridized carbons (Fsp3) is 0.538. The van der Waals surface area contributed by atoms with Crippen LogP contribution < -0.4 is 16.0 Å². The van der Waals surface area contributed by atoms with Crippen LogP contribution in [0.3, 0.4) is 0 Å². The molecule has 0 fully saturated rings. The Morgan fingerprint density at radius 1 is 1.55 bits per heavy atom. The minimum absolute atomic E-state index is 0.0652. The van der Waals surface area contributed by atoms with Crippen molar-refractivity contribution >= 4 is 11.3 Å². The zero-order valence-corrected chi connectivity index (χ0v) is 12.9. The predicted octanol–water partition coefficient (Wildman–Crippen LogP) is 1.81. The SMILES string of the molecule is CCCn1ncc(OC)c1C(Cc1nc(C)cs1)NN. The number of nitrogens with two attached hydrogens (primary N) is 1. The van der Waals surface area contributed by atoms with Crippen molar-refractivity contribution in [3.05, 3.63) is 28.0 Å². The van der Waals surface area contributed by atoms with Gasteiger partial charge >= 0.3 is 0 Å². The quantitative estimate of drug-likeness (QED) is 0.602. The maximum Gasteiger partial charge on any atom is 0.161 e. The summed E-state index contributed by atoms with van der Waals surface area (Å²) in [6.07, 6.45) is 3.47. The summed E-state index contributed by atoms with van der Waals surface area (Å²) in [5.74, 6) is 6.50. The third kappa shape index (κ3) is 3.17. The lowest BCUT2D eigenvalue weighted by Gasteiger charge is -2.18. The summed E-state index contributed by atoms with van der Waals surface area (Å²) in [7, 11) is 1.65. The van der Waals surface area contributed by atoms with Gasteiger partial charge in [-0.25, -0.2) is 4.98 Å². The molecular weight excluding hydrogens is 274 g/mol. The summed E-state index contributed by atoms with van der Waals surface area (Å²) < 4.78 is 7.35. The smallest absolute Gasteiger partial charge is 0.161 e. The van der Waals surface area contributed by atoms with E-state index < -0.39 is 0 Å². The van der Waals surface area contributed by atoms with E-state index in [9.17, 15) is 0 Å². The first-order valence-corrected chi connectivity index (χ1v) is 7.54. The molecule has 1 unspecified atom stereocenters. The maximum absolute atomic E-state index is 5.74. The fourth-order valence-corrected chi connectivity index (χ4v) is 3.00. The third-order valence-electron chi connectivity index (χ3n) is 3.08. The third-order valence-corrected chi connectivity index (χ3v) is 4.07. The molecule has 0 aliphatic rings. The van der Waals surface area contributed by atoms with Crippen molar-refractivity contribution in [3.63, 3.8) is 0 Å². The van der Waals surface area contributed by atoms with E-state index in [2.05, 4.69) is 22.4 Å². The second-order valence-electron chi connectivity index (χ2n) is 4.63. The van der Waals surface area contributed by atoms with Gasteiger partial charge < -0.3 is 4.74 Å². The normalized spacial score (nSPS) is 12.6. The molecule has 0 bridgehead atoms. The van der Waals surface area contributed by atoms with Crippen LogP contribution >= 0.6 is 11.3 Å². The first kappa shape index (κ1) is 15.0. The van der Waals surface area contributed by atoms with Crippen LogP contribution in [0.15, 0.2) is 11.6 Å². The van der Waals surface area contributed by atoms with Gasteiger partial charge in [-0.1, -0.05) is 6.92 Å². The molecule has 0 saturated heterocycles. The highest BCUT2D eigenvalue weighted by Crippen LogP contribution is 2.28. The van der Waals surface area contributed by atoms with Crippen molar-refractivity contribution in [2.45, 2.75) is 39.3 Å². The second-order valence-corrected chi connectivity index (χ2v) is 5.57. The van der Waals surface area contributed by atoms with Crippen molar-refractivity contribution in [2.24, 2.45) is 5.84 Å². The van der Waals surface area contributed by atoms with Gasteiger partial charge in [0.05, 0.1) is 30.1 Å². The summed E-state index contributed by atoms with van der Waals surface area (Å²) in [4.78, 5) is 4.49. The first-order chi connectivity index (χ1) is 9.69. The molecule has 0 aromatic carbocycles. The van der Waals surface area contributed by atoms with Gasteiger partial charge in [-0.15, -0.1) is 11.3 Å². The molecule has 2 aromatic rings. The molecule has 0 saturated carbocycles. The standard InChI is InChI=1S/C13H21N5OS/c1-4-5-18-13(11(19-3)7-15-18)10(17-14)6-12-16-9(2)8-20-12/h7-8,10,17H,4-6,14H2,1-3H3. The zero-order chi connectivity index (χ0) is 14.5. The van der Waals surface area contributed by atoms with Crippen LogP contribution in [-0.2, 0) is 13.0 Å². The second kappa shape index (κ2) is 6.83. The maximum atomic E-state index is 5.74. The van der Waals surface area contributed by atoms with E-state index >= 15 is 0 Å². The summed E-state index contributed by atoms with van der Waals surface area (Å²) in [6.45, 7) is 4.95. The van der Waals surface area contributed by atoms with Crippen LogP contribution in [-0.4, -0.2) is 21.9 Å². The van der Waals surface area contributed by atoms with Crippen molar-refractivity contribution in [1.82, 2.24) is 20.2 Å². The Morgan fingerprint density at radius 3 is 2.90 bits per heavy atom. The Bertz CT molecular complexity index is 551. The van der Waals surface area contributed by atoms with Gasteiger partial charge in [0.25, 0.3) is 0 Å². The van der Waals surface area contributed by atoms with E-state index in [4.69, 9.17) is 10.6 Å². The van der Waals surface area contributed by atoms with Crippen molar-refractivity contribution in [1.29, 1.82) is 0 Å². The number of nitrogens with one attached hydrogen (secondary N) is 1. The summed E-state index contributed by atoms with van der Waals surface area (Å²) in [6, 6.07) is -0.0652.